The summed E-state index contributed by atoms with van der Waals surface area (Å²) in [5.74, 6) is 0.693. The number of hydrogen-bond acceptors (Lipinski definition) is 6. The fraction of sp³-hybridized carbons (Fsp3) is 0.367. The minimum absolute atomic E-state index is 0.119. The number of sulfonamides is 1. The van der Waals surface area contributed by atoms with Gasteiger partial charge in [0.25, 0.3) is 0 Å². The summed E-state index contributed by atoms with van der Waals surface area (Å²) in [4.78, 5) is 16.9. The summed E-state index contributed by atoms with van der Waals surface area (Å²) in [6.07, 6.45) is 2.09. The van der Waals surface area contributed by atoms with Gasteiger partial charge in [-0.05, 0) is 61.4 Å². The molecule has 1 aliphatic rings. The molecule has 1 fully saturated rings. The summed E-state index contributed by atoms with van der Waals surface area (Å²) >= 11 is 0. The van der Waals surface area contributed by atoms with Crippen LogP contribution in [-0.4, -0.2) is 47.6 Å². The highest BCUT2D eigenvalue weighted by atomic mass is 32.2. The smallest absolute Gasteiger partial charge is 0.243 e. The topological polar surface area (TPSA) is 91.0 Å². The number of methoxy groups -OCH3 is 1. The van der Waals surface area contributed by atoms with E-state index in [1.165, 1.54) is 0 Å². The zero-order chi connectivity index (χ0) is 27.8. The Balaban J connectivity index is 1.57. The van der Waals surface area contributed by atoms with Gasteiger partial charge in [0.1, 0.15) is 10.6 Å². The first-order valence-electron chi connectivity index (χ1n) is 13.5. The molecule has 1 saturated heterocycles. The van der Waals surface area contributed by atoms with Gasteiger partial charge in [-0.15, -0.1) is 0 Å². The lowest BCUT2D eigenvalue weighted by Crippen LogP contribution is -2.47. The lowest BCUT2D eigenvalue weighted by atomic mass is 10.1. The number of benzene rings is 3. The molecule has 1 atom stereocenters. The molecule has 39 heavy (non-hydrogen) atoms. The first kappa shape index (κ1) is 28.4. The van der Waals surface area contributed by atoms with Gasteiger partial charge in [-0.2, -0.15) is 0 Å². The summed E-state index contributed by atoms with van der Waals surface area (Å²) in [7, 11) is -2.26. The van der Waals surface area contributed by atoms with Crippen LogP contribution >= 0.6 is 0 Å². The number of rotatable bonds is 11. The van der Waals surface area contributed by atoms with E-state index in [1.54, 1.807) is 25.3 Å². The van der Waals surface area contributed by atoms with Crippen molar-refractivity contribution in [3.05, 3.63) is 78.4 Å². The molecule has 0 aliphatic carbocycles. The Labute approximate surface area is 232 Å². The van der Waals surface area contributed by atoms with E-state index < -0.39 is 16.1 Å². The number of piperazine rings is 1. The van der Waals surface area contributed by atoms with Crippen molar-refractivity contribution in [2.24, 2.45) is 0 Å². The highest BCUT2D eigenvalue weighted by molar-refractivity contribution is 7.89. The predicted octanol–water partition coefficient (Wildman–Crippen LogP) is 5.19. The summed E-state index contributed by atoms with van der Waals surface area (Å²) < 4.78 is 35.6. The molecule has 0 bridgehead atoms. The molecule has 4 rings (SSSR count). The SMILES string of the molecule is CCCCC(=O)Nc1ccc(N2CCN(c3ccc(OC)cc3)CC2)c(S(=O)(=O)N[C@H](C)c2ccccc2)c1. The fourth-order valence-electron chi connectivity index (χ4n) is 4.73. The molecular weight excluding hydrogens is 512 g/mol. The molecule has 9 heteroatoms. The minimum atomic E-state index is -3.91. The number of ether oxygens (including phenoxy) is 1. The molecule has 3 aromatic carbocycles. The second-order valence-corrected chi connectivity index (χ2v) is 11.4. The second-order valence-electron chi connectivity index (χ2n) is 9.76. The van der Waals surface area contributed by atoms with Gasteiger partial charge >= 0.3 is 0 Å². The fourth-order valence-corrected chi connectivity index (χ4v) is 6.22. The van der Waals surface area contributed by atoms with Gasteiger partial charge < -0.3 is 19.9 Å². The van der Waals surface area contributed by atoms with Crippen molar-refractivity contribution >= 4 is 33.0 Å². The highest BCUT2D eigenvalue weighted by Crippen LogP contribution is 2.31. The third kappa shape index (κ3) is 7.30. The molecule has 1 heterocycles. The van der Waals surface area contributed by atoms with Crippen LogP contribution in [0.15, 0.2) is 77.7 Å². The molecule has 1 amide bonds. The number of unbranched alkanes of at least 4 members (excludes halogenated alkanes) is 1. The normalized spacial score (nSPS) is 14.6. The van der Waals surface area contributed by atoms with E-state index in [0.29, 0.717) is 30.9 Å². The Bertz CT molecular complexity index is 1340. The number of nitrogens with zero attached hydrogens (tertiary/aromatic N) is 2. The summed E-state index contributed by atoms with van der Waals surface area (Å²) in [6.45, 7) is 6.66. The molecule has 3 aromatic rings. The number of carbonyl (C=O) groups excluding carboxylic acids is 1. The summed E-state index contributed by atoms with van der Waals surface area (Å²) in [6, 6.07) is 22.2. The van der Waals surface area contributed by atoms with E-state index >= 15 is 0 Å². The van der Waals surface area contributed by atoms with E-state index in [4.69, 9.17) is 4.74 Å². The van der Waals surface area contributed by atoms with Crippen LogP contribution in [0.25, 0.3) is 0 Å². The van der Waals surface area contributed by atoms with Crippen molar-refractivity contribution < 1.29 is 17.9 Å². The van der Waals surface area contributed by atoms with Crippen LogP contribution in [0.1, 0.15) is 44.7 Å². The number of amides is 1. The van der Waals surface area contributed by atoms with Gasteiger partial charge in [0, 0.05) is 50.0 Å². The zero-order valence-electron chi connectivity index (χ0n) is 22.9. The predicted molar refractivity (Wildman–Crippen MR) is 157 cm³/mol. The van der Waals surface area contributed by atoms with Crippen LogP contribution in [0.2, 0.25) is 0 Å². The first-order valence-corrected chi connectivity index (χ1v) is 14.9. The van der Waals surface area contributed by atoms with Crippen molar-refractivity contribution in [1.82, 2.24) is 4.72 Å². The van der Waals surface area contributed by atoms with Gasteiger partial charge in [-0.25, -0.2) is 13.1 Å². The lowest BCUT2D eigenvalue weighted by molar-refractivity contribution is -0.116. The Morgan fingerprint density at radius 3 is 2.26 bits per heavy atom. The quantitative estimate of drug-likeness (QED) is 0.342. The van der Waals surface area contributed by atoms with E-state index in [0.717, 1.165) is 42.9 Å². The Morgan fingerprint density at radius 1 is 0.949 bits per heavy atom. The van der Waals surface area contributed by atoms with E-state index in [2.05, 4.69) is 19.8 Å². The molecule has 0 aromatic heterocycles. The van der Waals surface area contributed by atoms with Crippen molar-refractivity contribution in [2.75, 3.05) is 48.4 Å². The lowest BCUT2D eigenvalue weighted by Gasteiger charge is -2.38. The van der Waals surface area contributed by atoms with Crippen LogP contribution in [-0.2, 0) is 14.8 Å². The molecular formula is C30H38N4O4S. The second kappa shape index (κ2) is 13.0. The third-order valence-corrected chi connectivity index (χ3v) is 8.55. The monoisotopic (exact) mass is 550 g/mol. The van der Waals surface area contributed by atoms with E-state index in [9.17, 15) is 13.2 Å². The maximum absolute atomic E-state index is 13.8. The van der Waals surface area contributed by atoms with Crippen LogP contribution in [0.4, 0.5) is 17.1 Å². The van der Waals surface area contributed by atoms with Crippen molar-refractivity contribution in [3.8, 4) is 5.75 Å². The van der Waals surface area contributed by atoms with Crippen LogP contribution < -0.4 is 24.6 Å². The standard InChI is InChI=1S/C30H38N4O4S/c1-4-5-11-30(35)31-25-12-17-28(29(22-25)39(36,37)32-23(2)24-9-7-6-8-10-24)34-20-18-33(19-21-34)26-13-15-27(38-3)16-14-26/h6-10,12-17,22-23,32H,4-5,11,18-21H2,1-3H3,(H,31,35)/t23-/m1/s1. The van der Waals surface area contributed by atoms with Gasteiger partial charge in [0.2, 0.25) is 15.9 Å². The maximum atomic E-state index is 13.8. The van der Waals surface area contributed by atoms with Crippen LogP contribution in [0.5, 0.6) is 5.75 Å². The van der Waals surface area contributed by atoms with Crippen LogP contribution in [0.3, 0.4) is 0 Å². The van der Waals surface area contributed by atoms with Crippen molar-refractivity contribution in [2.45, 2.75) is 44.0 Å². The first-order chi connectivity index (χ1) is 18.8. The Kier molecular flexibility index (Phi) is 9.48. The molecule has 2 N–H and O–H groups in total. The number of hydrogen-bond donors (Lipinski definition) is 2. The van der Waals surface area contributed by atoms with Gasteiger partial charge in [-0.3, -0.25) is 4.79 Å². The van der Waals surface area contributed by atoms with Crippen molar-refractivity contribution in [1.29, 1.82) is 0 Å². The molecule has 8 nitrogen and oxygen atoms in total. The molecule has 0 spiro atoms. The minimum Gasteiger partial charge on any atom is -0.497 e. The molecule has 0 radical (unpaired) electrons. The number of nitrogens with one attached hydrogen (secondary N) is 2. The summed E-state index contributed by atoms with van der Waals surface area (Å²) in [5.41, 5.74) is 3.08. The molecule has 0 unspecified atom stereocenters. The number of anilines is 3. The Morgan fingerprint density at radius 2 is 1.62 bits per heavy atom. The molecule has 0 saturated carbocycles. The van der Waals surface area contributed by atoms with Gasteiger partial charge in [0.15, 0.2) is 0 Å². The van der Waals surface area contributed by atoms with Crippen molar-refractivity contribution in [3.63, 3.8) is 0 Å². The highest BCUT2D eigenvalue weighted by Gasteiger charge is 2.27. The van der Waals surface area contributed by atoms with Crippen LogP contribution in [0, 0.1) is 0 Å². The Hall–Kier alpha value is -3.56. The number of carbonyl (C=O) groups is 1. The molecule has 208 valence electrons. The summed E-state index contributed by atoms with van der Waals surface area (Å²) in [5, 5.41) is 2.87. The average Bonchev–Trinajstić information content (AvgIpc) is 2.96. The van der Waals surface area contributed by atoms with Gasteiger partial charge in [-0.1, -0.05) is 43.7 Å². The average molecular weight is 551 g/mol. The van der Waals surface area contributed by atoms with E-state index in [-0.39, 0.29) is 10.8 Å². The maximum Gasteiger partial charge on any atom is 0.243 e. The third-order valence-electron chi connectivity index (χ3n) is 6.98. The largest absolute Gasteiger partial charge is 0.497 e. The van der Waals surface area contributed by atoms with Gasteiger partial charge in [0.05, 0.1) is 12.8 Å². The molecule has 1 aliphatic heterocycles. The zero-order valence-corrected chi connectivity index (χ0v) is 23.7. The van der Waals surface area contributed by atoms with E-state index in [1.807, 2.05) is 68.4 Å².